The van der Waals surface area contributed by atoms with Gasteiger partial charge in [-0.1, -0.05) is 31.6 Å². The lowest BCUT2D eigenvalue weighted by atomic mass is 10.1. The number of nitro benzene ring substituents is 1. The molecule has 0 bridgehead atoms. The number of benzene rings is 2. The number of rotatable bonds is 10. The van der Waals surface area contributed by atoms with E-state index in [0.29, 0.717) is 16.2 Å². The number of carbonyl (C=O) groups is 1. The van der Waals surface area contributed by atoms with Crippen LogP contribution in [0.5, 0.6) is 11.5 Å². The molecule has 172 valence electrons. The van der Waals surface area contributed by atoms with Crippen LogP contribution in [-0.2, 0) is 13.0 Å². The molecule has 0 aliphatic rings. The topological polar surface area (TPSA) is 78.7 Å². The highest BCUT2D eigenvalue weighted by atomic mass is 79.9. The van der Waals surface area contributed by atoms with Crippen LogP contribution in [0.15, 0.2) is 53.0 Å². The third kappa shape index (κ3) is 6.30. The van der Waals surface area contributed by atoms with Gasteiger partial charge < -0.3 is 9.47 Å². The second-order valence-corrected chi connectivity index (χ2v) is 9.41. The van der Waals surface area contributed by atoms with Gasteiger partial charge >= 0.3 is 5.69 Å². The molecule has 8 heteroatoms. The van der Waals surface area contributed by atoms with Gasteiger partial charge in [0.15, 0.2) is 11.5 Å². The normalized spacial score (nSPS) is 11.0. The molecule has 0 fully saturated rings. The van der Waals surface area contributed by atoms with E-state index in [0.717, 1.165) is 28.4 Å². The SMILES string of the molecule is CCCc1sc(C(=O)/C=C/c2ccc(OC)c(COc3ccc(C)cc3[N+](=O)[O-])c2)cc1Br. The number of thiophene rings is 1. The Balaban J connectivity index is 1.78. The summed E-state index contributed by atoms with van der Waals surface area (Å²) in [4.78, 5) is 25.4. The first-order valence-electron chi connectivity index (χ1n) is 10.4. The highest BCUT2D eigenvalue weighted by Gasteiger charge is 2.16. The van der Waals surface area contributed by atoms with Crippen molar-refractivity contribution in [3.63, 3.8) is 0 Å². The Kier molecular flexibility index (Phi) is 8.41. The molecule has 33 heavy (non-hydrogen) atoms. The summed E-state index contributed by atoms with van der Waals surface area (Å²) in [6.45, 7) is 3.98. The van der Waals surface area contributed by atoms with Gasteiger partial charge in [0.05, 0.1) is 16.9 Å². The van der Waals surface area contributed by atoms with E-state index in [2.05, 4.69) is 22.9 Å². The molecular formula is C25H24BrNO5S. The lowest BCUT2D eigenvalue weighted by molar-refractivity contribution is -0.386. The van der Waals surface area contributed by atoms with E-state index in [9.17, 15) is 14.9 Å². The summed E-state index contributed by atoms with van der Waals surface area (Å²) in [5, 5.41) is 11.3. The fourth-order valence-corrected chi connectivity index (χ4v) is 5.14. The highest BCUT2D eigenvalue weighted by molar-refractivity contribution is 9.10. The first-order chi connectivity index (χ1) is 15.8. The molecular weight excluding hydrogens is 506 g/mol. The number of aryl methyl sites for hydroxylation is 2. The van der Waals surface area contributed by atoms with Crippen LogP contribution in [0.1, 0.15) is 44.6 Å². The first-order valence-corrected chi connectivity index (χ1v) is 12.0. The van der Waals surface area contributed by atoms with Crippen molar-refractivity contribution in [2.24, 2.45) is 0 Å². The maximum absolute atomic E-state index is 12.6. The van der Waals surface area contributed by atoms with Gasteiger partial charge in [0.2, 0.25) is 0 Å². The van der Waals surface area contributed by atoms with Crippen molar-refractivity contribution in [3.05, 3.63) is 89.6 Å². The largest absolute Gasteiger partial charge is 0.496 e. The number of ether oxygens (including phenoxy) is 2. The van der Waals surface area contributed by atoms with Crippen molar-refractivity contribution in [1.82, 2.24) is 0 Å². The molecule has 0 atom stereocenters. The van der Waals surface area contributed by atoms with Crippen molar-refractivity contribution in [2.45, 2.75) is 33.3 Å². The molecule has 0 unspecified atom stereocenters. The first kappa shape index (κ1) is 24.7. The number of hydrogen-bond acceptors (Lipinski definition) is 6. The minimum atomic E-state index is -0.459. The van der Waals surface area contributed by atoms with Gasteiger partial charge in [-0.3, -0.25) is 14.9 Å². The standard InChI is InChI=1S/C25H24BrNO5S/c1-4-5-24-19(26)14-25(33-24)21(28)9-7-17-8-11-22(31-3)18(13-17)15-32-23-10-6-16(2)12-20(23)27(29)30/h6-14H,4-5,15H2,1-3H3/b9-7+. The second kappa shape index (κ2) is 11.2. The summed E-state index contributed by atoms with van der Waals surface area (Å²) < 4.78 is 12.1. The monoisotopic (exact) mass is 529 g/mol. The number of nitrogens with zero attached hydrogens (tertiary/aromatic N) is 1. The predicted octanol–water partition coefficient (Wildman–Crippen LogP) is 7.16. The van der Waals surface area contributed by atoms with Crippen molar-refractivity contribution < 1.29 is 19.2 Å². The molecule has 1 aromatic heterocycles. The van der Waals surface area contributed by atoms with Crippen LogP contribution in [0.3, 0.4) is 0 Å². The van der Waals surface area contributed by atoms with E-state index < -0.39 is 4.92 Å². The molecule has 0 saturated heterocycles. The maximum atomic E-state index is 12.6. The summed E-state index contributed by atoms with van der Waals surface area (Å²) >= 11 is 5.03. The number of allylic oxidation sites excluding steroid dienone is 1. The molecule has 2 aromatic carbocycles. The second-order valence-electron chi connectivity index (χ2n) is 7.42. The third-order valence-electron chi connectivity index (χ3n) is 4.90. The fraction of sp³-hybridized carbons (Fsp3) is 0.240. The number of carbonyl (C=O) groups excluding carboxylic acids is 1. The molecule has 0 N–H and O–H groups in total. The number of ketones is 1. The number of hydrogen-bond donors (Lipinski definition) is 0. The highest BCUT2D eigenvalue weighted by Crippen LogP contribution is 2.31. The quantitative estimate of drug-likeness (QED) is 0.120. The molecule has 3 rings (SSSR count). The summed E-state index contributed by atoms with van der Waals surface area (Å²) in [5.74, 6) is 0.724. The maximum Gasteiger partial charge on any atom is 0.311 e. The van der Waals surface area contributed by atoms with Crippen LogP contribution in [0.2, 0.25) is 0 Å². The zero-order valence-electron chi connectivity index (χ0n) is 18.6. The third-order valence-corrected chi connectivity index (χ3v) is 7.08. The van der Waals surface area contributed by atoms with Crippen LogP contribution < -0.4 is 9.47 Å². The smallest absolute Gasteiger partial charge is 0.311 e. The predicted molar refractivity (Wildman–Crippen MR) is 135 cm³/mol. The van der Waals surface area contributed by atoms with E-state index in [1.807, 2.05) is 18.2 Å². The average molecular weight is 530 g/mol. The molecule has 1 heterocycles. The Morgan fingerprint density at radius 2 is 1.94 bits per heavy atom. The van der Waals surface area contributed by atoms with Crippen LogP contribution in [0.25, 0.3) is 6.08 Å². The molecule has 0 radical (unpaired) electrons. The Morgan fingerprint density at radius 1 is 1.18 bits per heavy atom. The zero-order chi connectivity index (χ0) is 24.0. The Bertz CT molecular complexity index is 1200. The van der Waals surface area contributed by atoms with Gasteiger partial charge in [-0.25, -0.2) is 0 Å². The van der Waals surface area contributed by atoms with E-state index in [4.69, 9.17) is 9.47 Å². The van der Waals surface area contributed by atoms with Crippen molar-refractivity contribution in [1.29, 1.82) is 0 Å². The van der Waals surface area contributed by atoms with E-state index >= 15 is 0 Å². The number of methoxy groups -OCH3 is 1. The average Bonchev–Trinajstić information content (AvgIpc) is 3.17. The van der Waals surface area contributed by atoms with Gasteiger partial charge in [-0.05, 0) is 70.7 Å². The molecule has 0 aliphatic heterocycles. The van der Waals surface area contributed by atoms with E-state index in [1.54, 1.807) is 44.4 Å². The molecule has 0 spiro atoms. The minimum absolute atomic E-state index is 0.0630. The molecule has 3 aromatic rings. The van der Waals surface area contributed by atoms with Gasteiger partial charge in [0.25, 0.3) is 0 Å². The van der Waals surface area contributed by atoms with Crippen molar-refractivity contribution in [2.75, 3.05) is 7.11 Å². The van der Waals surface area contributed by atoms with Crippen LogP contribution in [0, 0.1) is 17.0 Å². The van der Waals surface area contributed by atoms with Crippen molar-refractivity contribution in [3.8, 4) is 11.5 Å². The van der Waals surface area contributed by atoms with E-state index in [-0.39, 0.29) is 23.8 Å². The van der Waals surface area contributed by atoms with Crippen LogP contribution in [0.4, 0.5) is 5.69 Å². The summed E-state index contributed by atoms with van der Waals surface area (Å²) in [6.07, 6.45) is 5.24. The van der Waals surface area contributed by atoms with Crippen molar-refractivity contribution >= 4 is 44.8 Å². The van der Waals surface area contributed by atoms with E-state index in [1.165, 1.54) is 22.3 Å². The molecule has 6 nitrogen and oxygen atoms in total. The van der Waals surface area contributed by atoms with Crippen LogP contribution >= 0.6 is 27.3 Å². The van der Waals surface area contributed by atoms with Gasteiger partial charge in [0.1, 0.15) is 12.4 Å². The van der Waals surface area contributed by atoms with Gasteiger partial charge in [0, 0.05) is 21.0 Å². The molecule has 0 aliphatic carbocycles. The lowest BCUT2D eigenvalue weighted by Crippen LogP contribution is -2.02. The minimum Gasteiger partial charge on any atom is -0.496 e. The molecule has 0 saturated carbocycles. The number of halogens is 1. The Morgan fingerprint density at radius 3 is 2.64 bits per heavy atom. The number of nitro groups is 1. The Labute approximate surface area is 205 Å². The zero-order valence-corrected chi connectivity index (χ0v) is 21.0. The molecule has 0 amide bonds. The van der Waals surface area contributed by atoms with Gasteiger partial charge in [-0.2, -0.15) is 0 Å². The Hall–Kier alpha value is -2.97. The van der Waals surface area contributed by atoms with Crippen LogP contribution in [-0.4, -0.2) is 17.8 Å². The lowest BCUT2D eigenvalue weighted by Gasteiger charge is -2.11. The summed E-state index contributed by atoms with van der Waals surface area (Å²) in [5.41, 5.74) is 2.21. The fourth-order valence-electron chi connectivity index (χ4n) is 3.24. The van der Waals surface area contributed by atoms with Gasteiger partial charge in [-0.15, -0.1) is 11.3 Å². The summed E-state index contributed by atoms with van der Waals surface area (Å²) in [7, 11) is 1.55. The summed E-state index contributed by atoms with van der Waals surface area (Å²) in [6, 6.07) is 12.2.